The van der Waals surface area contributed by atoms with Crippen molar-refractivity contribution in [3.63, 3.8) is 0 Å². The van der Waals surface area contributed by atoms with Crippen LogP contribution in [0.4, 0.5) is 5.82 Å². The van der Waals surface area contributed by atoms with Crippen molar-refractivity contribution in [3.05, 3.63) is 24.3 Å². The van der Waals surface area contributed by atoms with E-state index in [1.807, 2.05) is 6.08 Å². The highest BCUT2D eigenvalue weighted by molar-refractivity contribution is 5.82. The van der Waals surface area contributed by atoms with Gasteiger partial charge in [-0.25, -0.2) is 15.0 Å². The zero-order valence-corrected chi connectivity index (χ0v) is 14.7. The van der Waals surface area contributed by atoms with E-state index in [2.05, 4.69) is 20.3 Å². The Hall–Kier alpha value is -2.15. The van der Waals surface area contributed by atoms with Gasteiger partial charge in [0, 0.05) is 6.54 Å². The van der Waals surface area contributed by atoms with E-state index in [4.69, 9.17) is 9.84 Å². The second-order valence-electron chi connectivity index (χ2n) is 6.36. The molecule has 0 bridgehead atoms. The number of anilines is 1. The first kappa shape index (κ1) is 19.6. The summed E-state index contributed by atoms with van der Waals surface area (Å²) in [5, 5.41) is 51.6. The van der Waals surface area contributed by atoms with Gasteiger partial charge in [-0.15, -0.1) is 0 Å². The van der Waals surface area contributed by atoms with Gasteiger partial charge in [0.25, 0.3) is 0 Å². The molecule has 0 saturated carbocycles. The molecule has 2 aromatic rings. The smallest absolute Gasteiger partial charge is 0.167 e. The number of aliphatic hydroxyl groups is 5. The molecule has 1 aliphatic rings. The van der Waals surface area contributed by atoms with E-state index in [0.717, 1.165) is 5.57 Å². The largest absolute Gasteiger partial charge is 0.394 e. The number of aromatic nitrogens is 4. The average Bonchev–Trinajstić information content (AvgIpc) is 3.11. The Labute approximate surface area is 154 Å². The molecule has 0 spiro atoms. The van der Waals surface area contributed by atoms with Crippen LogP contribution in [0.15, 0.2) is 24.3 Å². The summed E-state index contributed by atoms with van der Waals surface area (Å²) in [4.78, 5) is 12.6. The van der Waals surface area contributed by atoms with Crippen LogP contribution in [0.1, 0.15) is 13.2 Å². The number of ether oxygens (including phenoxy) is 1. The highest BCUT2D eigenvalue weighted by Crippen LogP contribution is 2.31. The van der Waals surface area contributed by atoms with Crippen LogP contribution in [0.2, 0.25) is 0 Å². The summed E-state index contributed by atoms with van der Waals surface area (Å²) in [5.74, 6) is 0.449. The lowest BCUT2D eigenvalue weighted by Crippen LogP contribution is -2.56. The molecular weight excluding hydrogens is 358 g/mol. The normalized spacial score (nSPS) is 29.3. The maximum Gasteiger partial charge on any atom is 0.167 e. The summed E-state index contributed by atoms with van der Waals surface area (Å²) < 4.78 is 6.96. The molecule has 0 radical (unpaired) electrons. The van der Waals surface area contributed by atoms with Crippen molar-refractivity contribution in [2.45, 2.75) is 37.6 Å². The molecule has 5 atom stereocenters. The van der Waals surface area contributed by atoms with Gasteiger partial charge in [-0.2, -0.15) is 0 Å². The predicted octanol–water partition coefficient (Wildman–Crippen LogP) is -1.85. The molecule has 5 unspecified atom stereocenters. The lowest BCUT2D eigenvalue weighted by atomic mass is 9.98. The molecule has 11 nitrogen and oxygen atoms in total. The zero-order chi connectivity index (χ0) is 19.6. The molecule has 11 heteroatoms. The van der Waals surface area contributed by atoms with Gasteiger partial charge in [0.2, 0.25) is 0 Å². The number of imidazole rings is 1. The van der Waals surface area contributed by atoms with Crippen molar-refractivity contribution in [1.29, 1.82) is 0 Å². The summed E-state index contributed by atoms with van der Waals surface area (Å²) in [6.07, 6.45) is -2.00. The minimum absolute atomic E-state index is 0.0351. The molecule has 0 aliphatic carbocycles. The molecule has 6 N–H and O–H groups in total. The SMILES string of the molecule is C/C(=C\CNc1ncnc2c1ncn2C1OC(CO)C(O)C(O)C1O)CO. The Morgan fingerprint density at radius 3 is 2.67 bits per heavy atom. The van der Waals surface area contributed by atoms with Crippen LogP contribution in [-0.2, 0) is 4.74 Å². The van der Waals surface area contributed by atoms with Gasteiger partial charge < -0.3 is 35.6 Å². The molecule has 0 aromatic carbocycles. The Balaban J connectivity index is 1.89. The fraction of sp³-hybridized carbons (Fsp3) is 0.562. The van der Waals surface area contributed by atoms with Crippen LogP contribution in [0.3, 0.4) is 0 Å². The maximum absolute atomic E-state index is 10.3. The van der Waals surface area contributed by atoms with Gasteiger partial charge in [0.15, 0.2) is 23.2 Å². The predicted molar refractivity (Wildman–Crippen MR) is 93.7 cm³/mol. The van der Waals surface area contributed by atoms with Gasteiger partial charge in [-0.3, -0.25) is 4.57 Å². The molecule has 3 heterocycles. The molecule has 0 amide bonds. The number of aliphatic hydroxyl groups excluding tert-OH is 5. The van der Waals surface area contributed by atoms with Crippen LogP contribution in [0.5, 0.6) is 0 Å². The number of hydrogen-bond acceptors (Lipinski definition) is 10. The van der Waals surface area contributed by atoms with Gasteiger partial charge in [-0.1, -0.05) is 11.6 Å². The third-order valence-corrected chi connectivity index (χ3v) is 4.47. The van der Waals surface area contributed by atoms with E-state index in [-0.39, 0.29) is 6.61 Å². The van der Waals surface area contributed by atoms with Crippen molar-refractivity contribution in [2.24, 2.45) is 0 Å². The first-order valence-corrected chi connectivity index (χ1v) is 8.46. The fourth-order valence-corrected chi connectivity index (χ4v) is 2.87. The molecule has 148 valence electrons. The number of hydrogen-bond donors (Lipinski definition) is 6. The van der Waals surface area contributed by atoms with Gasteiger partial charge >= 0.3 is 0 Å². The van der Waals surface area contributed by atoms with E-state index in [9.17, 15) is 20.4 Å². The second kappa shape index (κ2) is 8.25. The molecule has 2 aromatic heterocycles. The van der Waals surface area contributed by atoms with Gasteiger partial charge in [0.1, 0.15) is 30.7 Å². The monoisotopic (exact) mass is 381 g/mol. The van der Waals surface area contributed by atoms with Gasteiger partial charge in [-0.05, 0) is 6.92 Å². The van der Waals surface area contributed by atoms with Crippen molar-refractivity contribution < 1.29 is 30.3 Å². The third kappa shape index (κ3) is 3.78. The molecular formula is C16H23N5O6. The van der Waals surface area contributed by atoms with Crippen LogP contribution < -0.4 is 5.32 Å². The van der Waals surface area contributed by atoms with E-state index >= 15 is 0 Å². The van der Waals surface area contributed by atoms with Crippen molar-refractivity contribution in [3.8, 4) is 0 Å². The first-order chi connectivity index (χ1) is 13.0. The highest BCUT2D eigenvalue weighted by Gasteiger charge is 2.44. The lowest BCUT2D eigenvalue weighted by Gasteiger charge is -2.40. The first-order valence-electron chi connectivity index (χ1n) is 8.46. The Kier molecular flexibility index (Phi) is 5.99. The Bertz CT molecular complexity index is 810. The van der Waals surface area contributed by atoms with Crippen molar-refractivity contribution in [1.82, 2.24) is 19.5 Å². The standard InChI is InChI=1S/C16H23N5O6/c1-8(4-22)2-3-17-14-10-15(19-6-18-14)21(7-20-10)16-13(26)12(25)11(24)9(5-23)27-16/h2,6-7,9,11-13,16,22-26H,3-5H2,1H3,(H,17,18,19)/b8-2+. The van der Waals surface area contributed by atoms with E-state index in [1.54, 1.807) is 6.92 Å². The minimum atomic E-state index is -1.50. The van der Waals surface area contributed by atoms with Crippen LogP contribution in [-0.4, -0.2) is 89.2 Å². The maximum atomic E-state index is 10.3. The van der Waals surface area contributed by atoms with Crippen LogP contribution in [0.25, 0.3) is 11.2 Å². The van der Waals surface area contributed by atoms with Crippen molar-refractivity contribution in [2.75, 3.05) is 25.1 Å². The number of fused-ring (bicyclic) bond motifs is 1. The Morgan fingerprint density at radius 2 is 1.96 bits per heavy atom. The van der Waals surface area contributed by atoms with Crippen LogP contribution in [0, 0.1) is 0 Å². The van der Waals surface area contributed by atoms with Crippen LogP contribution >= 0.6 is 0 Å². The summed E-state index contributed by atoms with van der Waals surface area (Å²) in [6, 6.07) is 0. The molecule has 1 saturated heterocycles. The number of nitrogens with one attached hydrogen (secondary N) is 1. The molecule has 1 fully saturated rings. The van der Waals surface area contributed by atoms with E-state index in [0.29, 0.717) is 23.5 Å². The van der Waals surface area contributed by atoms with Gasteiger partial charge in [0.05, 0.1) is 19.5 Å². The summed E-state index contributed by atoms with van der Waals surface area (Å²) >= 11 is 0. The highest BCUT2D eigenvalue weighted by atomic mass is 16.6. The molecule has 3 rings (SSSR count). The van der Waals surface area contributed by atoms with E-state index in [1.165, 1.54) is 17.2 Å². The summed E-state index contributed by atoms with van der Waals surface area (Å²) in [7, 11) is 0. The Morgan fingerprint density at radius 1 is 1.19 bits per heavy atom. The quantitative estimate of drug-likeness (QED) is 0.313. The second-order valence-corrected chi connectivity index (χ2v) is 6.36. The fourth-order valence-electron chi connectivity index (χ4n) is 2.87. The third-order valence-electron chi connectivity index (χ3n) is 4.47. The summed E-state index contributed by atoms with van der Waals surface area (Å²) in [6.45, 7) is 1.66. The number of nitrogens with zero attached hydrogens (tertiary/aromatic N) is 4. The average molecular weight is 381 g/mol. The zero-order valence-electron chi connectivity index (χ0n) is 14.7. The molecule has 1 aliphatic heterocycles. The minimum Gasteiger partial charge on any atom is -0.394 e. The topological polar surface area (TPSA) is 166 Å². The van der Waals surface area contributed by atoms with Crippen molar-refractivity contribution >= 4 is 17.0 Å². The molecule has 27 heavy (non-hydrogen) atoms. The number of rotatable bonds is 6. The summed E-state index contributed by atoms with van der Waals surface area (Å²) in [5.41, 5.74) is 1.57. The lowest BCUT2D eigenvalue weighted by molar-refractivity contribution is -0.250. The van der Waals surface area contributed by atoms with E-state index < -0.39 is 37.3 Å².